The van der Waals surface area contributed by atoms with Crippen molar-refractivity contribution >= 4 is 29.7 Å². The number of aromatic nitrogens is 2. The van der Waals surface area contributed by atoms with Crippen LogP contribution in [0.1, 0.15) is 16.1 Å². The maximum absolute atomic E-state index is 12.3. The summed E-state index contributed by atoms with van der Waals surface area (Å²) in [5.41, 5.74) is 1.44. The maximum Gasteiger partial charge on any atom is 0.270 e. The Morgan fingerprint density at radius 3 is 2.58 bits per heavy atom. The van der Waals surface area contributed by atoms with E-state index in [4.69, 9.17) is 11.6 Å². The first-order chi connectivity index (χ1) is 12.7. The molecule has 3 rings (SSSR count). The number of rotatable bonds is 6. The van der Waals surface area contributed by atoms with Gasteiger partial charge in [-0.3, -0.25) is 9.59 Å². The molecule has 1 aromatic carbocycles. The van der Waals surface area contributed by atoms with E-state index in [0.717, 1.165) is 12.0 Å². The maximum atomic E-state index is 12.3. The number of amides is 2. The molecule has 26 heavy (non-hydrogen) atoms. The fraction of sp³-hybridized carbons (Fsp3) is 0.333. The molecule has 2 heterocycles. The van der Waals surface area contributed by atoms with E-state index >= 15 is 0 Å². The SMILES string of the molecule is O=CN1CCN(c2cc(C(=O)NCCc3ccc(Cl)cc3)ncn2)CC1. The summed E-state index contributed by atoms with van der Waals surface area (Å²) in [7, 11) is 0. The highest BCUT2D eigenvalue weighted by Crippen LogP contribution is 2.13. The summed E-state index contributed by atoms with van der Waals surface area (Å²) in [6, 6.07) is 9.24. The monoisotopic (exact) mass is 373 g/mol. The van der Waals surface area contributed by atoms with Gasteiger partial charge in [-0.15, -0.1) is 0 Å². The molecule has 2 aromatic rings. The predicted molar refractivity (Wildman–Crippen MR) is 99.4 cm³/mol. The number of carbonyl (C=O) groups is 2. The molecule has 1 aliphatic heterocycles. The van der Waals surface area contributed by atoms with Crippen LogP contribution in [0.15, 0.2) is 36.7 Å². The van der Waals surface area contributed by atoms with Crippen molar-refractivity contribution in [2.75, 3.05) is 37.6 Å². The Bertz CT molecular complexity index is 760. The Morgan fingerprint density at radius 1 is 1.15 bits per heavy atom. The molecule has 0 spiro atoms. The van der Waals surface area contributed by atoms with Crippen LogP contribution in [0.3, 0.4) is 0 Å². The average molecular weight is 374 g/mol. The molecule has 8 heteroatoms. The van der Waals surface area contributed by atoms with Crippen molar-refractivity contribution in [2.24, 2.45) is 0 Å². The highest BCUT2D eigenvalue weighted by Gasteiger charge is 2.18. The largest absolute Gasteiger partial charge is 0.353 e. The third-order valence-electron chi connectivity index (χ3n) is 4.29. The molecule has 0 saturated carbocycles. The summed E-state index contributed by atoms with van der Waals surface area (Å²) in [6.45, 7) is 3.19. The fourth-order valence-electron chi connectivity index (χ4n) is 2.76. The molecule has 1 saturated heterocycles. The van der Waals surface area contributed by atoms with Crippen molar-refractivity contribution < 1.29 is 9.59 Å². The zero-order valence-corrected chi connectivity index (χ0v) is 15.0. The second kappa shape index (κ2) is 8.62. The summed E-state index contributed by atoms with van der Waals surface area (Å²) in [6.07, 6.45) is 2.97. The Balaban J connectivity index is 1.54. The molecule has 7 nitrogen and oxygen atoms in total. The van der Waals surface area contributed by atoms with Gasteiger partial charge in [0, 0.05) is 43.8 Å². The zero-order valence-electron chi connectivity index (χ0n) is 14.3. The molecule has 1 aromatic heterocycles. The van der Waals surface area contributed by atoms with E-state index in [0.29, 0.717) is 55.7 Å². The molecule has 0 bridgehead atoms. The quantitative estimate of drug-likeness (QED) is 0.774. The minimum absolute atomic E-state index is 0.228. The van der Waals surface area contributed by atoms with Crippen LogP contribution in [0.4, 0.5) is 5.82 Å². The first-order valence-corrected chi connectivity index (χ1v) is 8.82. The summed E-state index contributed by atoms with van der Waals surface area (Å²) >= 11 is 5.86. The van der Waals surface area contributed by atoms with Crippen molar-refractivity contribution in [3.05, 3.63) is 52.9 Å². The Kier molecular flexibility index (Phi) is 6.01. The van der Waals surface area contributed by atoms with Crippen molar-refractivity contribution in [1.82, 2.24) is 20.2 Å². The molecule has 2 amide bonds. The lowest BCUT2D eigenvalue weighted by molar-refractivity contribution is -0.118. The minimum atomic E-state index is -0.228. The number of carbonyl (C=O) groups excluding carboxylic acids is 2. The van der Waals surface area contributed by atoms with Gasteiger partial charge in [0.25, 0.3) is 5.91 Å². The van der Waals surface area contributed by atoms with Gasteiger partial charge in [0.2, 0.25) is 6.41 Å². The van der Waals surface area contributed by atoms with Gasteiger partial charge in [0.15, 0.2) is 0 Å². The van der Waals surface area contributed by atoms with Gasteiger partial charge in [0.1, 0.15) is 17.8 Å². The van der Waals surface area contributed by atoms with E-state index in [2.05, 4.69) is 15.3 Å². The zero-order chi connectivity index (χ0) is 18.4. The van der Waals surface area contributed by atoms with Gasteiger partial charge in [-0.2, -0.15) is 0 Å². The lowest BCUT2D eigenvalue weighted by atomic mass is 10.1. The summed E-state index contributed by atoms with van der Waals surface area (Å²) in [5, 5.41) is 3.57. The molecule has 0 aliphatic carbocycles. The van der Waals surface area contributed by atoms with Gasteiger partial charge < -0.3 is 15.1 Å². The molecule has 0 unspecified atom stereocenters. The fourth-order valence-corrected chi connectivity index (χ4v) is 2.89. The van der Waals surface area contributed by atoms with E-state index in [1.54, 1.807) is 11.0 Å². The summed E-state index contributed by atoms with van der Waals surface area (Å²) < 4.78 is 0. The standard InChI is InChI=1S/C18H20ClN5O2/c19-15-3-1-14(2-4-15)5-6-20-18(26)16-11-17(22-12-21-16)24-9-7-23(13-25)8-10-24/h1-4,11-13H,5-10H2,(H,20,26). The second-order valence-corrected chi connectivity index (χ2v) is 6.46. The van der Waals surface area contributed by atoms with Crippen molar-refractivity contribution in [1.29, 1.82) is 0 Å². The molecule has 0 radical (unpaired) electrons. The number of anilines is 1. The summed E-state index contributed by atoms with van der Waals surface area (Å²) in [5.74, 6) is 0.475. The van der Waals surface area contributed by atoms with E-state index in [1.807, 2.05) is 29.2 Å². The Morgan fingerprint density at radius 2 is 1.88 bits per heavy atom. The average Bonchev–Trinajstić information content (AvgIpc) is 2.69. The molecular weight excluding hydrogens is 354 g/mol. The first kappa shape index (κ1) is 18.1. The van der Waals surface area contributed by atoms with E-state index in [9.17, 15) is 9.59 Å². The minimum Gasteiger partial charge on any atom is -0.353 e. The molecule has 1 N–H and O–H groups in total. The van der Waals surface area contributed by atoms with Crippen molar-refractivity contribution in [3.8, 4) is 0 Å². The highest BCUT2D eigenvalue weighted by atomic mass is 35.5. The van der Waals surface area contributed by atoms with Crippen LogP contribution in [-0.4, -0.2) is 59.9 Å². The van der Waals surface area contributed by atoms with Crippen LogP contribution in [-0.2, 0) is 11.2 Å². The van der Waals surface area contributed by atoms with Crippen LogP contribution in [0.5, 0.6) is 0 Å². The van der Waals surface area contributed by atoms with Crippen molar-refractivity contribution in [3.63, 3.8) is 0 Å². The summed E-state index contributed by atoms with van der Waals surface area (Å²) in [4.78, 5) is 35.2. The normalized spacial score (nSPS) is 14.2. The van der Waals surface area contributed by atoms with Gasteiger partial charge in [-0.1, -0.05) is 23.7 Å². The van der Waals surface area contributed by atoms with Gasteiger partial charge in [-0.05, 0) is 24.1 Å². The smallest absolute Gasteiger partial charge is 0.270 e. The lowest BCUT2D eigenvalue weighted by Crippen LogP contribution is -2.46. The van der Waals surface area contributed by atoms with Crippen LogP contribution in [0.25, 0.3) is 0 Å². The lowest BCUT2D eigenvalue weighted by Gasteiger charge is -2.33. The topological polar surface area (TPSA) is 78.4 Å². The predicted octanol–water partition coefficient (Wildman–Crippen LogP) is 1.38. The molecule has 1 fully saturated rings. The number of nitrogens with zero attached hydrogens (tertiary/aromatic N) is 4. The molecule has 0 atom stereocenters. The first-order valence-electron chi connectivity index (χ1n) is 8.44. The van der Waals surface area contributed by atoms with E-state index in [1.165, 1.54) is 6.33 Å². The number of nitrogens with one attached hydrogen (secondary N) is 1. The van der Waals surface area contributed by atoms with Gasteiger partial charge >= 0.3 is 0 Å². The Labute approximate surface area is 157 Å². The number of hydrogen-bond donors (Lipinski definition) is 1. The number of hydrogen-bond acceptors (Lipinski definition) is 5. The van der Waals surface area contributed by atoms with Crippen LogP contribution in [0, 0.1) is 0 Å². The van der Waals surface area contributed by atoms with Crippen LogP contribution < -0.4 is 10.2 Å². The van der Waals surface area contributed by atoms with E-state index in [-0.39, 0.29) is 5.91 Å². The van der Waals surface area contributed by atoms with Gasteiger partial charge in [-0.25, -0.2) is 9.97 Å². The third-order valence-corrected chi connectivity index (χ3v) is 4.54. The van der Waals surface area contributed by atoms with Crippen LogP contribution >= 0.6 is 11.6 Å². The molecule has 136 valence electrons. The number of benzene rings is 1. The van der Waals surface area contributed by atoms with Gasteiger partial charge in [0.05, 0.1) is 0 Å². The molecule has 1 aliphatic rings. The van der Waals surface area contributed by atoms with E-state index < -0.39 is 0 Å². The third kappa shape index (κ3) is 4.70. The number of piperazine rings is 1. The Hall–Kier alpha value is -2.67. The second-order valence-electron chi connectivity index (χ2n) is 6.02. The molecular formula is C18H20ClN5O2. The number of halogens is 1. The van der Waals surface area contributed by atoms with Crippen molar-refractivity contribution in [2.45, 2.75) is 6.42 Å². The van der Waals surface area contributed by atoms with Crippen LogP contribution in [0.2, 0.25) is 5.02 Å². The highest BCUT2D eigenvalue weighted by molar-refractivity contribution is 6.30.